The number of alkyl carbamates (subject to hydrolysis) is 1. The Labute approximate surface area is 114 Å². The highest BCUT2D eigenvalue weighted by molar-refractivity contribution is 5.68. The van der Waals surface area contributed by atoms with Crippen molar-refractivity contribution in [2.45, 2.75) is 32.9 Å². The second-order valence-electron chi connectivity index (χ2n) is 4.37. The van der Waals surface area contributed by atoms with E-state index in [0.29, 0.717) is 19.0 Å². The molecule has 0 radical (unpaired) electrons. The maximum atomic E-state index is 11.4. The van der Waals surface area contributed by atoms with E-state index in [9.17, 15) is 4.79 Å². The molecule has 104 valence electrons. The van der Waals surface area contributed by atoms with Crippen LogP contribution in [0, 0.1) is 0 Å². The van der Waals surface area contributed by atoms with E-state index < -0.39 is 6.09 Å². The predicted molar refractivity (Wildman–Crippen MR) is 76.0 cm³/mol. The Bertz CT molecular complexity index is 391. The molecule has 0 saturated carbocycles. The Morgan fingerprint density at radius 1 is 1.37 bits per heavy atom. The molecule has 0 aliphatic carbocycles. The van der Waals surface area contributed by atoms with Crippen molar-refractivity contribution in [1.82, 2.24) is 10.7 Å². The van der Waals surface area contributed by atoms with Gasteiger partial charge in [0.25, 0.3) is 0 Å². The lowest BCUT2D eigenvalue weighted by Gasteiger charge is -2.06. The van der Waals surface area contributed by atoms with Crippen LogP contribution in [0.2, 0.25) is 0 Å². The van der Waals surface area contributed by atoms with Crippen LogP contribution in [0.25, 0.3) is 0 Å². The Morgan fingerprint density at radius 2 is 2.11 bits per heavy atom. The fourth-order valence-electron chi connectivity index (χ4n) is 1.28. The number of carbonyl (C=O) groups is 1. The second kappa shape index (κ2) is 8.97. The van der Waals surface area contributed by atoms with Gasteiger partial charge in [-0.15, -0.1) is 0 Å². The largest absolute Gasteiger partial charge is 0.445 e. The van der Waals surface area contributed by atoms with Gasteiger partial charge >= 0.3 is 6.09 Å². The first-order chi connectivity index (χ1) is 9.18. The van der Waals surface area contributed by atoms with Crippen LogP contribution in [0.3, 0.4) is 0 Å². The molecule has 0 heterocycles. The van der Waals surface area contributed by atoms with Crippen molar-refractivity contribution in [1.29, 1.82) is 0 Å². The Morgan fingerprint density at radius 3 is 2.79 bits per heavy atom. The number of ether oxygens (including phenoxy) is 1. The van der Waals surface area contributed by atoms with Crippen LogP contribution in [-0.2, 0) is 11.3 Å². The average molecular weight is 263 g/mol. The first-order valence-electron chi connectivity index (χ1n) is 6.40. The number of hydrazone groups is 1. The normalized spacial score (nSPS) is 10.7. The van der Waals surface area contributed by atoms with Crippen molar-refractivity contribution < 1.29 is 9.53 Å². The molecule has 1 amide bonds. The van der Waals surface area contributed by atoms with E-state index in [1.54, 1.807) is 6.21 Å². The van der Waals surface area contributed by atoms with Crippen molar-refractivity contribution in [2.24, 2.45) is 5.10 Å². The zero-order chi connectivity index (χ0) is 13.9. The van der Waals surface area contributed by atoms with Crippen molar-refractivity contribution in [2.75, 3.05) is 6.54 Å². The van der Waals surface area contributed by atoms with E-state index in [1.807, 2.05) is 44.2 Å². The number of benzene rings is 1. The minimum Gasteiger partial charge on any atom is -0.445 e. The summed E-state index contributed by atoms with van der Waals surface area (Å²) in [5.74, 6) is 0. The number of carbonyl (C=O) groups excluding carboxylic acids is 1. The fourth-order valence-corrected chi connectivity index (χ4v) is 1.28. The molecule has 1 aromatic rings. The van der Waals surface area contributed by atoms with Crippen LogP contribution in [0.15, 0.2) is 35.4 Å². The quantitative estimate of drug-likeness (QED) is 0.451. The van der Waals surface area contributed by atoms with E-state index in [0.717, 1.165) is 5.56 Å². The molecule has 5 nitrogen and oxygen atoms in total. The van der Waals surface area contributed by atoms with Crippen LogP contribution < -0.4 is 10.7 Å². The van der Waals surface area contributed by atoms with Gasteiger partial charge in [-0.3, -0.25) is 0 Å². The summed E-state index contributed by atoms with van der Waals surface area (Å²) in [6, 6.07) is 9.90. The summed E-state index contributed by atoms with van der Waals surface area (Å²) in [6.07, 6.45) is 1.99. The molecule has 0 fully saturated rings. The lowest BCUT2D eigenvalue weighted by atomic mass is 10.2. The molecule has 19 heavy (non-hydrogen) atoms. The van der Waals surface area contributed by atoms with Gasteiger partial charge in [0, 0.05) is 25.2 Å². The first kappa shape index (κ1) is 15.0. The number of hydrogen-bond acceptors (Lipinski definition) is 4. The highest BCUT2D eigenvalue weighted by atomic mass is 16.5. The number of hydrogen-bond donors (Lipinski definition) is 2. The van der Waals surface area contributed by atoms with Crippen molar-refractivity contribution in [3.05, 3.63) is 35.9 Å². The van der Waals surface area contributed by atoms with Gasteiger partial charge in [-0.05, 0) is 19.4 Å². The SMILES string of the molecule is CC(C)N/N=C/CCNC(=O)OCc1ccccc1. The summed E-state index contributed by atoms with van der Waals surface area (Å²) >= 11 is 0. The summed E-state index contributed by atoms with van der Waals surface area (Å²) in [5.41, 5.74) is 3.88. The van der Waals surface area contributed by atoms with Gasteiger partial charge in [-0.25, -0.2) is 4.79 Å². The molecule has 0 atom stereocenters. The summed E-state index contributed by atoms with van der Waals surface area (Å²) in [7, 11) is 0. The third kappa shape index (κ3) is 7.81. The molecule has 0 aliphatic heterocycles. The van der Waals surface area contributed by atoms with Gasteiger partial charge in [0.2, 0.25) is 0 Å². The van der Waals surface area contributed by atoms with E-state index in [1.165, 1.54) is 0 Å². The summed E-state index contributed by atoms with van der Waals surface area (Å²) in [5, 5.41) is 6.66. The highest BCUT2D eigenvalue weighted by Crippen LogP contribution is 2.00. The topological polar surface area (TPSA) is 62.7 Å². The molecule has 0 unspecified atom stereocenters. The Balaban J connectivity index is 2.07. The molecule has 0 aromatic heterocycles. The van der Waals surface area contributed by atoms with Gasteiger partial charge in [0.05, 0.1) is 0 Å². The molecule has 0 spiro atoms. The average Bonchev–Trinajstić information content (AvgIpc) is 2.41. The second-order valence-corrected chi connectivity index (χ2v) is 4.37. The lowest BCUT2D eigenvalue weighted by Crippen LogP contribution is -2.25. The van der Waals surface area contributed by atoms with Crippen LogP contribution in [-0.4, -0.2) is 24.9 Å². The van der Waals surface area contributed by atoms with Gasteiger partial charge < -0.3 is 15.5 Å². The molecule has 1 aromatic carbocycles. The first-order valence-corrected chi connectivity index (χ1v) is 6.40. The molecular weight excluding hydrogens is 242 g/mol. The van der Waals surface area contributed by atoms with Crippen LogP contribution in [0.4, 0.5) is 4.79 Å². The van der Waals surface area contributed by atoms with Crippen LogP contribution in [0.5, 0.6) is 0 Å². The van der Waals surface area contributed by atoms with E-state index in [4.69, 9.17) is 4.74 Å². The third-order valence-electron chi connectivity index (χ3n) is 2.18. The van der Waals surface area contributed by atoms with Crippen LogP contribution >= 0.6 is 0 Å². The molecule has 5 heteroatoms. The summed E-state index contributed by atoms with van der Waals surface area (Å²) < 4.78 is 5.06. The van der Waals surface area contributed by atoms with Crippen molar-refractivity contribution in [3.8, 4) is 0 Å². The number of nitrogens with one attached hydrogen (secondary N) is 2. The van der Waals surface area contributed by atoms with Crippen molar-refractivity contribution >= 4 is 12.3 Å². The number of amides is 1. The van der Waals surface area contributed by atoms with E-state index in [-0.39, 0.29) is 6.61 Å². The number of rotatable bonds is 7. The highest BCUT2D eigenvalue weighted by Gasteiger charge is 2.00. The molecular formula is C14H21N3O2. The number of nitrogens with zero attached hydrogens (tertiary/aromatic N) is 1. The molecule has 0 saturated heterocycles. The van der Waals surface area contributed by atoms with Crippen LogP contribution in [0.1, 0.15) is 25.8 Å². The van der Waals surface area contributed by atoms with Crippen molar-refractivity contribution in [3.63, 3.8) is 0 Å². The smallest absolute Gasteiger partial charge is 0.407 e. The summed E-state index contributed by atoms with van der Waals surface area (Å²) in [6.45, 7) is 4.82. The maximum absolute atomic E-state index is 11.4. The van der Waals surface area contributed by atoms with E-state index in [2.05, 4.69) is 15.8 Å². The van der Waals surface area contributed by atoms with E-state index >= 15 is 0 Å². The zero-order valence-electron chi connectivity index (χ0n) is 11.4. The molecule has 1 rings (SSSR count). The summed E-state index contributed by atoms with van der Waals surface area (Å²) in [4.78, 5) is 11.4. The molecule has 0 aliphatic rings. The minimum atomic E-state index is -0.408. The third-order valence-corrected chi connectivity index (χ3v) is 2.18. The lowest BCUT2D eigenvalue weighted by molar-refractivity contribution is 0.140. The monoisotopic (exact) mass is 263 g/mol. The Kier molecular flexibility index (Phi) is 7.09. The van der Waals surface area contributed by atoms with Gasteiger partial charge in [0.1, 0.15) is 6.61 Å². The minimum absolute atomic E-state index is 0.287. The van der Waals surface area contributed by atoms with Gasteiger partial charge in [-0.1, -0.05) is 30.3 Å². The fraction of sp³-hybridized carbons (Fsp3) is 0.429. The van der Waals surface area contributed by atoms with Gasteiger partial charge in [0.15, 0.2) is 0 Å². The predicted octanol–water partition coefficient (Wildman–Crippen LogP) is 2.29. The standard InChI is InChI=1S/C14H21N3O2/c1-12(2)17-16-10-6-9-15-14(18)19-11-13-7-4-3-5-8-13/h3-5,7-8,10,12,17H,6,9,11H2,1-2H3,(H,15,18)/b16-10+. The Hall–Kier alpha value is -2.04. The van der Waals surface area contributed by atoms with Gasteiger partial charge in [-0.2, -0.15) is 5.10 Å². The molecule has 2 N–H and O–H groups in total. The molecule has 0 bridgehead atoms. The maximum Gasteiger partial charge on any atom is 0.407 e. The zero-order valence-corrected chi connectivity index (χ0v) is 11.4.